The number of nitrogens with zero attached hydrogens (tertiary/aromatic N) is 2. The van der Waals surface area contributed by atoms with Crippen LogP contribution in [0.4, 0.5) is 5.82 Å². The predicted molar refractivity (Wildman–Crippen MR) is 87.6 cm³/mol. The van der Waals surface area contributed by atoms with Gasteiger partial charge in [0.2, 0.25) is 0 Å². The molecule has 1 aromatic heterocycles. The third-order valence-electron chi connectivity index (χ3n) is 3.15. The molecule has 0 radical (unpaired) electrons. The van der Waals surface area contributed by atoms with Gasteiger partial charge >= 0.3 is 0 Å². The molecule has 1 saturated heterocycles. The fourth-order valence-electron chi connectivity index (χ4n) is 2.06. The fourth-order valence-corrected chi connectivity index (χ4v) is 3.37. The van der Waals surface area contributed by atoms with Gasteiger partial charge in [0.1, 0.15) is 5.82 Å². The third kappa shape index (κ3) is 4.36. The lowest BCUT2D eigenvalue weighted by Crippen LogP contribution is -2.39. The number of carbonyl (C=O) groups is 1. The van der Waals surface area contributed by atoms with Gasteiger partial charge in [-0.1, -0.05) is 0 Å². The number of carbonyl (C=O) groups excluding carboxylic acids is 1. The second-order valence-corrected chi connectivity index (χ2v) is 6.65. The van der Waals surface area contributed by atoms with Crippen molar-refractivity contribution >= 4 is 39.4 Å². The molecule has 20 heavy (non-hydrogen) atoms. The summed E-state index contributed by atoms with van der Waals surface area (Å²) in [6.07, 6.45) is 1.67. The maximum absolute atomic E-state index is 12.2. The zero-order valence-electron chi connectivity index (χ0n) is 11.5. The van der Waals surface area contributed by atoms with Crippen molar-refractivity contribution in [3.8, 4) is 0 Å². The van der Waals surface area contributed by atoms with E-state index in [4.69, 9.17) is 0 Å². The number of anilines is 1. The average Bonchev–Trinajstić information content (AvgIpc) is 2.48. The molecule has 1 aromatic rings. The van der Waals surface area contributed by atoms with Gasteiger partial charge < -0.3 is 10.6 Å². The SMILES string of the molecule is CNc1ncc(Br)cc1C(=O)NCCN1CCSCC1. The van der Waals surface area contributed by atoms with E-state index in [0.29, 0.717) is 17.9 Å². The van der Waals surface area contributed by atoms with E-state index in [-0.39, 0.29) is 5.91 Å². The number of rotatable bonds is 5. The first-order valence-corrected chi connectivity index (χ1v) is 8.57. The van der Waals surface area contributed by atoms with Crippen molar-refractivity contribution in [2.24, 2.45) is 0 Å². The van der Waals surface area contributed by atoms with Gasteiger partial charge in [0.25, 0.3) is 5.91 Å². The molecular weight excluding hydrogens is 340 g/mol. The minimum atomic E-state index is -0.0884. The van der Waals surface area contributed by atoms with Crippen LogP contribution in [-0.2, 0) is 0 Å². The van der Waals surface area contributed by atoms with E-state index in [0.717, 1.165) is 24.1 Å². The number of amides is 1. The molecule has 0 aliphatic carbocycles. The Morgan fingerprint density at radius 2 is 2.25 bits per heavy atom. The van der Waals surface area contributed by atoms with Crippen LogP contribution in [0.1, 0.15) is 10.4 Å². The molecule has 0 spiro atoms. The van der Waals surface area contributed by atoms with Crippen LogP contribution >= 0.6 is 27.7 Å². The highest BCUT2D eigenvalue weighted by atomic mass is 79.9. The van der Waals surface area contributed by atoms with Gasteiger partial charge in [-0.05, 0) is 22.0 Å². The van der Waals surface area contributed by atoms with E-state index in [9.17, 15) is 4.79 Å². The molecule has 110 valence electrons. The zero-order chi connectivity index (χ0) is 14.4. The van der Waals surface area contributed by atoms with Crippen LogP contribution in [0.15, 0.2) is 16.7 Å². The van der Waals surface area contributed by atoms with Gasteiger partial charge in [0.05, 0.1) is 5.56 Å². The van der Waals surface area contributed by atoms with Crippen molar-refractivity contribution in [2.75, 3.05) is 50.0 Å². The normalized spacial score (nSPS) is 15.9. The lowest BCUT2D eigenvalue weighted by atomic mass is 10.2. The molecule has 1 amide bonds. The molecule has 0 atom stereocenters. The van der Waals surface area contributed by atoms with E-state index in [1.54, 1.807) is 19.3 Å². The largest absolute Gasteiger partial charge is 0.372 e. The summed E-state index contributed by atoms with van der Waals surface area (Å²) in [5.41, 5.74) is 0.566. The van der Waals surface area contributed by atoms with Crippen molar-refractivity contribution in [1.29, 1.82) is 0 Å². The van der Waals surface area contributed by atoms with Crippen LogP contribution in [-0.4, -0.2) is 60.5 Å². The van der Waals surface area contributed by atoms with Crippen LogP contribution in [0.2, 0.25) is 0 Å². The molecule has 1 aliphatic heterocycles. The summed E-state index contributed by atoms with van der Waals surface area (Å²) < 4.78 is 0.801. The second-order valence-electron chi connectivity index (χ2n) is 4.51. The van der Waals surface area contributed by atoms with Gasteiger partial charge in [-0.15, -0.1) is 0 Å². The van der Waals surface area contributed by atoms with E-state index < -0.39 is 0 Å². The first-order chi connectivity index (χ1) is 9.70. The maximum atomic E-state index is 12.2. The fraction of sp³-hybridized carbons (Fsp3) is 0.538. The van der Waals surface area contributed by atoms with E-state index in [1.807, 2.05) is 11.8 Å². The van der Waals surface area contributed by atoms with Crippen molar-refractivity contribution in [3.63, 3.8) is 0 Å². The number of hydrogen-bond acceptors (Lipinski definition) is 5. The van der Waals surface area contributed by atoms with Crippen molar-refractivity contribution in [3.05, 3.63) is 22.3 Å². The average molecular weight is 359 g/mol. The number of pyridine rings is 1. The Bertz CT molecular complexity index is 466. The summed E-state index contributed by atoms with van der Waals surface area (Å²) in [6, 6.07) is 1.78. The summed E-state index contributed by atoms with van der Waals surface area (Å²) in [4.78, 5) is 18.8. The monoisotopic (exact) mass is 358 g/mol. The molecule has 0 bridgehead atoms. The Hall–Kier alpha value is -0.790. The molecule has 7 heteroatoms. The Morgan fingerprint density at radius 3 is 2.95 bits per heavy atom. The van der Waals surface area contributed by atoms with Crippen LogP contribution in [0.5, 0.6) is 0 Å². The van der Waals surface area contributed by atoms with Gasteiger partial charge in [-0.2, -0.15) is 11.8 Å². The maximum Gasteiger partial charge on any atom is 0.255 e. The van der Waals surface area contributed by atoms with E-state index in [1.165, 1.54) is 11.5 Å². The molecule has 1 aliphatic rings. The third-order valence-corrected chi connectivity index (χ3v) is 4.53. The highest BCUT2D eigenvalue weighted by Crippen LogP contribution is 2.17. The topological polar surface area (TPSA) is 57.3 Å². The van der Waals surface area contributed by atoms with Crippen LogP contribution in [0, 0.1) is 0 Å². The standard InChI is InChI=1S/C13H19BrN4OS/c1-15-12-11(8-10(14)9-17-12)13(19)16-2-3-18-4-6-20-7-5-18/h8-9H,2-7H2,1H3,(H,15,17)(H,16,19). The first kappa shape index (κ1) is 15.6. The summed E-state index contributed by atoms with van der Waals surface area (Å²) in [7, 11) is 1.76. The van der Waals surface area contributed by atoms with Crippen molar-refractivity contribution < 1.29 is 4.79 Å². The Kier molecular flexibility index (Phi) is 6.12. The minimum absolute atomic E-state index is 0.0884. The Balaban J connectivity index is 1.86. The van der Waals surface area contributed by atoms with Gasteiger partial charge in [0.15, 0.2) is 0 Å². The molecule has 2 heterocycles. The number of aromatic nitrogens is 1. The summed E-state index contributed by atoms with van der Waals surface area (Å²) >= 11 is 5.33. The molecule has 2 N–H and O–H groups in total. The van der Waals surface area contributed by atoms with Crippen molar-refractivity contribution in [1.82, 2.24) is 15.2 Å². The molecular formula is C13H19BrN4OS. The lowest BCUT2D eigenvalue weighted by Gasteiger charge is -2.26. The minimum Gasteiger partial charge on any atom is -0.372 e. The molecule has 1 fully saturated rings. The van der Waals surface area contributed by atoms with E-state index >= 15 is 0 Å². The van der Waals surface area contributed by atoms with Crippen LogP contribution in [0.25, 0.3) is 0 Å². The Labute approximate surface area is 132 Å². The first-order valence-electron chi connectivity index (χ1n) is 6.62. The summed E-state index contributed by atoms with van der Waals surface area (Å²) in [5.74, 6) is 2.88. The molecule has 0 saturated carbocycles. The number of hydrogen-bond donors (Lipinski definition) is 2. The summed E-state index contributed by atoms with van der Waals surface area (Å²) in [6.45, 7) is 3.79. The van der Waals surface area contributed by atoms with Gasteiger partial charge in [0, 0.05) is 55.4 Å². The van der Waals surface area contributed by atoms with Crippen LogP contribution < -0.4 is 10.6 Å². The van der Waals surface area contributed by atoms with Gasteiger partial charge in [-0.3, -0.25) is 9.69 Å². The smallest absolute Gasteiger partial charge is 0.255 e. The second kappa shape index (κ2) is 7.85. The number of halogens is 1. The number of thioether (sulfide) groups is 1. The molecule has 0 unspecified atom stereocenters. The van der Waals surface area contributed by atoms with Crippen LogP contribution in [0.3, 0.4) is 0 Å². The van der Waals surface area contributed by atoms with Gasteiger partial charge in [-0.25, -0.2) is 4.98 Å². The molecule has 0 aromatic carbocycles. The van der Waals surface area contributed by atoms with E-state index in [2.05, 4.69) is 36.4 Å². The quantitative estimate of drug-likeness (QED) is 0.838. The zero-order valence-corrected chi connectivity index (χ0v) is 13.9. The molecule has 5 nitrogen and oxygen atoms in total. The lowest BCUT2D eigenvalue weighted by molar-refractivity contribution is 0.0949. The highest BCUT2D eigenvalue weighted by Gasteiger charge is 2.14. The number of nitrogens with one attached hydrogen (secondary N) is 2. The van der Waals surface area contributed by atoms with Crippen molar-refractivity contribution in [2.45, 2.75) is 0 Å². The summed E-state index contributed by atoms with van der Waals surface area (Å²) in [5, 5.41) is 5.90. The highest BCUT2D eigenvalue weighted by molar-refractivity contribution is 9.10. The predicted octanol–water partition coefficient (Wildman–Crippen LogP) is 1.66. The Morgan fingerprint density at radius 1 is 1.50 bits per heavy atom. The molecule has 2 rings (SSSR count).